The van der Waals surface area contributed by atoms with Gasteiger partial charge in [0.1, 0.15) is 11.5 Å². The summed E-state index contributed by atoms with van der Waals surface area (Å²) in [5.41, 5.74) is 3.42. The summed E-state index contributed by atoms with van der Waals surface area (Å²) in [6, 6.07) is 14.7. The van der Waals surface area contributed by atoms with Crippen molar-refractivity contribution in [3.8, 4) is 22.6 Å². The summed E-state index contributed by atoms with van der Waals surface area (Å²) in [6.45, 7) is 2.14. The maximum atomic E-state index is 5.43. The number of methoxy groups -OCH3 is 2. The predicted molar refractivity (Wildman–Crippen MR) is 82.5 cm³/mol. The number of hydrogen-bond acceptors (Lipinski definition) is 3. The summed E-state index contributed by atoms with van der Waals surface area (Å²) in [5.74, 6) is 1.67. The van der Waals surface area contributed by atoms with E-state index in [4.69, 9.17) is 9.47 Å². The Morgan fingerprint density at radius 2 is 1.65 bits per heavy atom. The van der Waals surface area contributed by atoms with Gasteiger partial charge in [0.15, 0.2) is 0 Å². The van der Waals surface area contributed by atoms with Crippen molar-refractivity contribution in [2.24, 2.45) is 0 Å². The minimum absolute atomic E-state index is 0.344. The average molecular weight is 271 g/mol. The third-order valence-electron chi connectivity index (χ3n) is 3.56. The number of hydrogen-bond donors (Lipinski definition) is 1. The highest BCUT2D eigenvalue weighted by Gasteiger charge is 2.09. The summed E-state index contributed by atoms with van der Waals surface area (Å²) in [5, 5.41) is 3.24. The van der Waals surface area contributed by atoms with Crippen LogP contribution in [0.25, 0.3) is 11.1 Å². The average Bonchev–Trinajstić information content (AvgIpc) is 2.53. The summed E-state index contributed by atoms with van der Waals surface area (Å²) < 4.78 is 10.7. The molecular formula is C17H21NO2. The quantitative estimate of drug-likeness (QED) is 0.900. The van der Waals surface area contributed by atoms with Crippen LogP contribution in [0.4, 0.5) is 0 Å². The van der Waals surface area contributed by atoms with Gasteiger partial charge >= 0.3 is 0 Å². The lowest BCUT2D eigenvalue weighted by molar-refractivity contribution is 0.404. The first-order chi connectivity index (χ1) is 9.69. The maximum absolute atomic E-state index is 5.43. The Morgan fingerprint density at radius 1 is 0.950 bits per heavy atom. The molecule has 3 nitrogen and oxygen atoms in total. The number of ether oxygens (including phenoxy) is 2. The number of rotatable bonds is 5. The first kappa shape index (κ1) is 14.4. The van der Waals surface area contributed by atoms with E-state index in [0.29, 0.717) is 6.04 Å². The second-order valence-electron chi connectivity index (χ2n) is 4.70. The molecule has 1 atom stereocenters. The van der Waals surface area contributed by atoms with Gasteiger partial charge in [0.05, 0.1) is 14.2 Å². The normalized spacial score (nSPS) is 12.0. The molecule has 0 aliphatic carbocycles. The zero-order chi connectivity index (χ0) is 14.5. The number of nitrogens with one attached hydrogen (secondary N) is 1. The molecule has 3 heteroatoms. The number of benzene rings is 2. The molecule has 0 fully saturated rings. The van der Waals surface area contributed by atoms with Crippen molar-refractivity contribution in [3.05, 3.63) is 48.0 Å². The van der Waals surface area contributed by atoms with Gasteiger partial charge in [0, 0.05) is 11.6 Å². The highest BCUT2D eigenvalue weighted by Crippen LogP contribution is 2.33. The lowest BCUT2D eigenvalue weighted by Gasteiger charge is -2.13. The standard InChI is InChI=1S/C17H21NO2/c1-12(18-2)13-5-7-14(8-6-13)16-11-15(19-3)9-10-17(16)20-4/h5-12,18H,1-4H3. The van der Waals surface area contributed by atoms with Gasteiger partial charge in [0.2, 0.25) is 0 Å². The van der Waals surface area contributed by atoms with Gasteiger partial charge < -0.3 is 14.8 Å². The monoisotopic (exact) mass is 271 g/mol. The molecule has 0 aromatic heterocycles. The minimum atomic E-state index is 0.344. The minimum Gasteiger partial charge on any atom is -0.497 e. The third kappa shape index (κ3) is 2.94. The van der Waals surface area contributed by atoms with Gasteiger partial charge in [-0.2, -0.15) is 0 Å². The fraction of sp³-hybridized carbons (Fsp3) is 0.294. The summed E-state index contributed by atoms with van der Waals surface area (Å²) >= 11 is 0. The first-order valence-corrected chi connectivity index (χ1v) is 6.69. The van der Waals surface area contributed by atoms with E-state index in [0.717, 1.165) is 22.6 Å². The Labute approximate surface area is 120 Å². The maximum Gasteiger partial charge on any atom is 0.126 e. The van der Waals surface area contributed by atoms with E-state index in [1.165, 1.54) is 5.56 Å². The second-order valence-corrected chi connectivity index (χ2v) is 4.70. The van der Waals surface area contributed by atoms with E-state index in [1.807, 2.05) is 25.2 Å². The zero-order valence-electron chi connectivity index (χ0n) is 12.4. The summed E-state index contributed by atoms with van der Waals surface area (Å²) in [4.78, 5) is 0. The van der Waals surface area contributed by atoms with Gasteiger partial charge in [0.25, 0.3) is 0 Å². The van der Waals surface area contributed by atoms with Crippen molar-refractivity contribution < 1.29 is 9.47 Å². The zero-order valence-corrected chi connectivity index (χ0v) is 12.4. The molecule has 2 rings (SSSR count). The van der Waals surface area contributed by atoms with Crippen LogP contribution in [0.2, 0.25) is 0 Å². The molecule has 2 aromatic carbocycles. The molecule has 0 radical (unpaired) electrons. The van der Waals surface area contributed by atoms with Gasteiger partial charge in [-0.25, -0.2) is 0 Å². The Kier molecular flexibility index (Phi) is 4.64. The molecule has 0 aliphatic heterocycles. The molecule has 20 heavy (non-hydrogen) atoms. The Hall–Kier alpha value is -2.00. The van der Waals surface area contributed by atoms with E-state index in [-0.39, 0.29) is 0 Å². The molecule has 2 aromatic rings. The van der Waals surface area contributed by atoms with Crippen LogP contribution in [0, 0.1) is 0 Å². The molecule has 106 valence electrons. The predicted octanol–water partition coefficient (Wildman–Crippen LogP) is 3.65. The van der Waals surface area contributed by atoms with Gasteiger partial charge in [-0.1, -0.05) is 24.3 Å². The molecule has 0 amide bonds. The van der Waals surface area contributed by atoms with Crippen LogP contribution in [-0.4, -0.2) is 21.3 Å². The Balaban J connectivity index is 2.40. The summed E-state index contributed by atoms with van der Waals surface area (Å²) in [7, 11) is 5.32. The largest absolute Gasteiger partial charge is 0.497 e. The second kappa shape index (κ2) is 6.44. The van der Waals surface area contributed by atoms with Gasteiger partial charge in [-0.05, 0) is 43.3 Å². The lowest BCUT2D eigenvalue weighted by Crippen LogP contribution is -2.11. The third-order valence-corrected chi connectivity index (χ3v) is 3.56. The molecule has 0 heterocycles. The highest BCUT2D eigenvalue weighted by molar-refractivity contribution is 5.72. The van der Waals surface area contributed by atoms with Crippen molar-refractivity contribution in [2.45, 2.75) is 13.0 Å². The van der Waals surface area contributed by atoms with E-state index in [9.17, 15) is 0 Å². The molecule has 0 spiro atoms. The van der Waals surface area contributed by atoms with E-state index >= 15 is 0 Å². The Bertz CT molecular complexity index is 564. The van der Waals surface area contributed by atoms with Gasteiger partial charge in [-0.3, -0.25) is 0 Å². The van der Waals surface area contributed by atoms with Crippen LogP contribution in [0.3, 0.4) is 0 Å². The van der Waals surface area contributed by atoms with Crippen LogP contribution in [0.1, 0.15) is 18.5 Å². The fourth-order valence-electron chi connectivity index (χ4n) is 2.16. The van der Waals surface area contributed by atoms with Crippen LogP contribution in [0.5, 0.6) is 11.5 Å². The van der Waals surface area contributed by atoms with Crippen LogP contribution in [0.15, 0.2) is 42.5 Å². The van der Waals surface area contributed by atoms with Crippen LogP contribution < -0.4 is 14.8 Å². The molecule has 1 unspecified atom stereocenters. The van der Waals surface area contributed by atoms with Gasteiger partial charge in [-0.15, -0.1) is 0 Å². The van der Waals surface area contributed by atoms with E-state index in [2.05, 4.69) is 36.5 Å². The smallest absolute Gasteiger partial charge is 0.126 e. The molecular weight excluding hydrogens is 250 g/mol. The van der Waals surface area contributed by atoms with Crippen LogP contribution in [-0.2, 0) is 0 Å². The fourth-order valence-corrected chi connectivity index (χ4v) is 2.16. The SMILES string of the molecule is CNC(C)c1ccc(-c2cc(OC)ccc2OC)cc1. The first-order valence-electron chi connectivity index (χ1n) is 6.69. The molecule has 0 aliphatic rings. The molecule has 0 saturated carbocycles. The highest BCUT2D eigenvalue weighted by atomic mass is 16.5. The van der Waals surface area contributed by atoms with Crippen molar-refractivity contribution >= 4 is 0 Å². The summed E-state index contributed by atoms with van der Waals surface area (Å²) in [6.07, 6.45) is 0. The topological polar surface area (TPSA) is 30.5 Å². The van der Waals surface area contributed by atoms with Crippen LogP contribution >= 0.6 is 0 Å². The lowest BCUT2D eigenvalue weighted by atomic mass is 10.0. The Morgan fingerprint density at radius 3 is 2.20 bits per heavy atom. The van der Waals surface area contributed by atoms with E-state index in [1.54, 1.807) is 14.2 Å². The van der Waals surface area contributed by atoms with Crippen molar-refractivity contribution in [2.75, 3.05) is 21.3 Å². The van der Waals surface area contributed by atoms with Crippen molar-refractivity contribution in [3.63, 3.8) is 0 Å². The molecule has 0 saturated heterocycles. The molecule has 1 N–H and O–H groups in total. The van der Waals surface area contributed by atoms with Crippen molar-refractivity contribution in [1.29, 1.82) is 0 Å². The van der Waals surface area contributed by atoms with E-state index < -0.39 is 0 Å². The molecule has 0 bridgehead atoms. The van der Waals surface area contributed by atoms with Crippen molar-refractivity contribution in [1.82, 2.24) is 5.32 Å².